The number of carbonyl (C=O) groups is 1. The van der Waals surface area contributed by atoms with Crippen molar-refractivity contribution in [2.45, 2.75) is 129 Å². The van der Waals surface area contributed by atoms with Gasteiger partial charge in [-0.2, -0.15) is 0 Å². The maximum Gasteiger partial charge on any atom is 0.306 e. The number of hydrogen-bond acceptors (Lipinski definition) is 1. The molecule has 1 N–H and O–H groups in total. The van der Waals surface area contributed by atoms with E-state index >= 15 is 0 Å². The summed E-state index contributed by atoms with van der Waals surface area (Å²) in [6.07, 6.45) is 23.3. The van der Waals surface area contributed by atoms with Gasteiger partial charge in [0.15, 0.2) is 0 Å². The van der Waals surface area contributed by atoms with Crippen LogP contribution in [0.1, 0.15) is 129 Å². The Bertz CT molecular complexity index is 311. The van der Waals surface area contributed by atoms with Crippen LogP contribution >= 0.6 is 0 Å². The molecule has 0 spiro atoms. The monoisotopic (exact) mass is 352 g/mol. The Morgan fingerprint density at radius 3 is 1.56 bits per heavy atom. The van der Waals surface area contributed by atoms with Gasteiger partial charge in [0.25, 0.3) is 0 Å². The van der Waals surface area contributed by atoms with E-state index in [-0.39, 0.29) is 5.92 Å². The Balaban J connectivity index is 2.35. The van der Waals surface area contributed by atoms with Crippen molar-refractivity contribution < 1.29 is 9.90 Å². The van der Waals surface area contributed by atoms with E-state index in [0.717, 1.165) is 25.7 Å². The van der Waals surface area contributed by atoms with Crippen molar-refractivity contribution in [2.75, 3.05) is 0 Å². The molecule has 0 bridgehead atoms. The number of unbranched alkanes of at least 4 members (excludes halogenated alkanes) is 10. The van der Waals surface area contributed by atoms with Crippen LogP contribution in [0.5, 0.6) is 0 Å². The first kappa shape index (κ1) is 22.5. The van der Waals surface area contributed by atoms with Crippen LogP contribution < -0.4 is 0 Å². The fourth-order valence-corrected chi connectivity index (χ4v) is 4.66. The van der Waals surface area contributed by atoms with E-state index in [4.69, 9.17) is 0 Å². The number of rotatable bonds is 15. The second-order valence-corrected chi connectivity index (χ2v) is 8.65. The maximum atomic E-state index is 11.3. The lowest BCUT2D eigenvalue weighted by molar-refractivity contribution is -0.143. The first-order valence-corrected chi connectivity index (χ1v) is 11.4. The highest BCUT2D eigenvalue weighted by molar-refractivity contribution is 5.70. The quantitative estimate of drug-likeness (QED) is 0.306. The molecule has 0 saturated heterocycles. The molecule has 25 heavy (non-hydrogen) atoms. The molecule has 148 valence electrons. The summed E-state index contributed by atoms with van der Waals surface area (Å²) >= 11 is 0. The fraction of sp³-hybridized carbons (Fsp3) is 0.957. The minimum atomic E-state index is -0.562. The van der Waals surface area contributed by atoms with Gasteiger partial charge < -0.3 is 5.11 Å². The molecule has 1 saturated carbocycles. The number of carboxylic acids is 1. The molecule has 0 aliphatic heterocycles. The average Bonchev–Trinajstić information content (AvgIpc) is 2.61. The van der Waals surface area contributed by atoms with Gasteiger partial charge in [0.05, 0.1) is 5.92 Å². The fourth-order valence-electron chi connectivity index (χ4n) is 4.66. The molecule has 1 fully saturated rings. The van der Waals surface area contributed by atoms with Crippen LogP contribution in [-0.2, 0) is 4.79 Å². The molecule has 0 aromatic heterocycles. The van der Waals surface area contributed by atoms with Gasteiger partial charge in [0.2, 0.25) is 0 Å². The van der Waals surface area contributed by atoms with Crippen molar-refractivity contribution in [3.05, 3.63) is 0 Å². The minimum absolute atomic E-state index is 0.0674. The maximum absolute atomic E-state index is 11.3. The van der Waals surface area contributed by atoms with Crippen molar-refractivity contribution in [2.24, 2.45) is 11.3 Å². The van der Waals surface area contributed by atoms with Crippen LogP contribution in [0.25, 0.3) is 0 Å². The predicted octanol–water partition coefficient (Wildman–Crippen LogP) is 7.75. The number of carboxylic acid groups (broad SMARTS) is 1. The molecule has 0 unspecified atom stereocenters. The third-order valence-corrected chi connectivity index (χ3v) is 6.52. The zero-order valence-electron chi connectivity index (χ0n) is 17.2. The second-order valence-electron chi connectivity index (χ2n) is 8.65. The molecule has 2 nitrogen and oxygen atoms in total. The summed E-state index contributed by atoms with van der Waals surface area (Å²) in [5, 5.41) is 9.30. The molecule has 0 atom stereocenters. The van der Waals surface area contributed by atoms with Crippen LogP contribution in [0.2, 0.25) is 0 Å². The summed E-state index contributed by atoms with van der Waals surface area (Å²) in [4.78, 5) is 11.3. The Hall–Kier alpha value is -0.530. The Morgan fingerprint density at radius 2 is 1.16 bits per heavy atom. The van der Waals surface area contributed by atoms with E-state index in [0.29, 0.717) is 5.41 Å². The van der Waals surface area contributed by atoms with Crippen LogP contribution in [0.15, 0.2) is 0 Å². The molecular weight excluding hydrogens is 308 g/mol. The SMILES string of the molecule is CCCCCCCCC1(CCCCCCCC)CCC(C(=O)O)CC1. The lowest BCUT2D eigenvalue weighted by Gasteiger charge is -2.40. The van der Waals surface area contributed by atoms with Crippen LogP contribution in [0.4, 0.5) is 0 Å². The van der Waals surface area contributed by atoms with Gasteiger partial charge in [-0.15, -0.1) is 0 Å². The molecular formula is C23H44O2. The normalized spacial score (nSPS) is 17.7. The first-order chi connectivity index (χ1) is 12.1. The van der Waals surface area contributed by atoms with E-state index in [9.17, 15) is 9.90 Å². The van der Waals surface area contributed by atoms with Crippen molar-refractivity contribution in [1.29, 1.82) is 0 Å². The zero-order chi connectivity index (χ0) is 18.4. The van der Waals surface area contributed by atoms with Gasteiger partial charge in [-0.3, -0.25) is 4.79 Å². The van der Waals surface area contributed by atoms with Gasteiger partial charge in [-0.05, 0) is 43.9 Å². The Kier molecular flexibility index (Phi) is 12.3. The van der Waals surface area contributed by atoms with E-state index in [2.05, 4.69) is 13.8 Å². The van der Waals surface area contributed by atoms with Gasteiger partial charge in [0, 0.05) is 0 Å². The summed E-state index contributed by atoms with van der Waals surface area (Å²) in [6.45, 7) is 4.55. The molecule has 0 amide bonds. The lowest BCUT2D eigenvalue weighted by Crippen LogP contribution is -2.30. The highest BCUT2D eigenvalue weighted by atomic mass is 16.4. The lowest BCUT2D eigenvalue weighted by atomic mass is 9.65. The van der Waals surface area contributed by atoms with E-state index in [1.165, 1.54) is 89.9 Å². The summed E-state index contributed by atoms with van der Waals surface area (Å²) in [6, 6.07) is 0. The average molecular weight is 353 g/mol. The second kappa shape index (κ2) is 13.6. The van der Waals surface area contributed by atoms with Gasteiger partial charge in [-0.25, -0.2) is 0 Å². The highest BCUT2D eigenvalue weighted by Crippen LogP contribution is 2.46. The van der Waals surface area contributed by atoms with Gasteiger partial charge in [-0.1, -0.05) is 90.9 Å². The summed E-state index contributed by atoms with van der Waals surface area (Å²) in [5.74, 6) is -0.630. The third-order valence-electron chi connectivity index (χ3n) is 6.52. The van der Waals surface area contributed by atoms with Crippen molar-refractivity contribution in [3.8, 4) is 0 Å². The van der Waals surface area contributed by atoms with Crippen molar-refractivity contribution in [1.82, 2.24) is 0 Å². The number of hydrogen-bond donors (Lipinski definition) is 1. The van der Waals surface area contributed by atoms with E-state index in [1.807, 2.05) is 0 Å². The Labute approximate surface area is 157 Å². The highest BCUT2D eigenvalue weighted by Gasteiger charge is 2.36. The molecule has 0 radical (unpaired) electrons. The third kappa shape index (κ3) is 9.66. The van der Waals surface area contributed by atoms with E-state index < -0.39 is 5.97 Å². The smallest absolute Gasteiger partial charge is 0.306 e. The number of aliphatic carboxylic acids is 1. The first-order valence-electron chi connectivity index (χ1n) is 11.4. The zero-order valence-corrected chi connectivity index (χ0v) is 17.2. The predicted molar refractivity (Wildman–Crippen MR) is 108 cm³/mol. The summed E-state index contributed by atoms with van der Waals surface area (Å²) < 4.78 is 0. The van der Waals surface area contributed by atoms with Crippen LogP contribution in [0.3, 0.4) is 0 Å². The van der Waals surface area contributed by atoms with Crippen molar-refractivity contribution >= 4 is 5.97 Å². The van der Waals surface area contributed by atoms with Crippen LogP contribution in [-0.4, -0.2) is 11.1 Å². The molecule has 1 aliphatic rings. The standard InChI is InChI=1S/C23H44O2/c1-3-5-7-9-11-13-17-23(18-14-12-10-8-6-4-2)19-15-21(16-20-23)22(24)25/h21H,3-20H2,1-2H3,(H,24,25). The van der Waals surface area contributed by atoms with E-state index in [1.54, 1.807) is 0 Å². The summed E-state index contributed by atoms with van der Waals surface area (Å²) in [7, 11) is 0. The van der Waals surface area contributed by atoms with Crippen molar-refractivity contribution in [3.63, 3.8) is 0 Å². The Morgan fingerprint density at radius 1 is 0.760 bits per heavy atom. The molecule has 0 aromatic rings. The van der Waals surface area contributed by atoms with Crippen LogP contribution in [0, 0.1) is 11.3 Å². The topological polar surface area (TPSA) is 37.3 Å². The molecule has 1 rings (SSSR count). The largest absolute Gasteiger partial charge is 0.481 e. The van der Waals surface area contributed by atoms with Gasteiger partial charge in [0.1, 0.15) is 0 Å². The molecule has 0 aromatic carbocycles. The molecule has 0 heterocycles. The molecule has 1 aliphatic carbocycles. The molecule has 2 heteroatoms. The summed E-state index contributed by atoms with van der Waals surface area (Å²) in [5.41, 5.74) is 0.474. The minimum Gasteiger partial charge on any atom is -0.481 e. The van der Waals surface area contributed by atoms with Gasteiger partial charge >= 0.3 is 5.97 Å².